The first kappa shape index (κ1) is 28.3. The largest absolute Gasteiger partial charge is 0.326 e. The Morgan fingerprint density at radius 2 is 1.61 bits per heavy atom. The molecule has 0 aromatic heterocycles. The molecule has 0 spiro atoms. The fourth-order valence-corrected chi connectivity index (χ4v) is 7.21. The van der Waals surface area contributed by atoms with E-state index in [1.54, 1.807) is 6.07 Å². The third kappa shape index (κ3) is 6.83. The average Bonchev–Trinajstić information content (AvgIpc) is 2.87. The molecule has 38 heavy (non-hydrogen) atoms. The second-order valence-corrected chi connectivity index (χ2v) is 13.3. The number of benzene rings is 3. The Bertz CT molecular complexity index is 1540. The number of nitrogens with one attached hydrogen (secondary N) is 2. The Morgan fingerprint density at radius 3 is 2.24 bits per heavy atom. The normalized spacial score (nSPS) is 15.2. The molecule has 1 amide bonds. The van der Waals surface area contributed by atoms with Crippen molar-refractivity contribution in [2.75, 3.05) is 23.1 Å². The number of nitrogens with zero attached hydrogens (tertiary/aromatic N) is 1. The molecular weight excluding hydrogens is 576 g/mol. The van der Waals surface area contributed by atoms with Crippen LogP contribution in [-0.4, -0.2) is 40.1 Å². The highest BCUT2D eigenvalue weighted by Gasteiger charge is 2.31. The van der Waals surface area contributed by atoms with Crippen molar-refractivity contribution in [3.63, 3.8) is 0 Å². The Labute approximate surface area is 230 Å². The number of sulfonamides is 2. The molecule has 202 valence electrons. The number of halogens is 3. The molecule has 13 heteroatoms. The van der Waals surface area contributed by atoms with E-state index in [2.05, 4.69) is 10.0 Å². The summed E-state index contributed by atoms with van der Waals surface area (Å²) >= 11 is 11.9. The van der Waals surface area contributed by atoms with Gasteiger partial charge >= 0.3 is 0 Å². The van der Waals surface area contributed by atoms with Crippen molar-refractivity contribution < 1.29 is 26.0 Å². The van der Waals surface area contributed by atoms with E-state index in [1.807, 2.05) is 0 Å². The number of rotatable bonds is 8. The molecule has 0 bridgehead atoms. The number of hydrogen-bond acceptors (Lipinski definition) is 5. The summed E-state index contributed by atoms with van der Waals surface area (Å²) in [6, 6.07) is 15.7. The smallest absolute Gasteiger partial charge is 0.261 e. The van der Waals surface area contributed by atoms with Crippen molar-refractivity contribution in [1.29, 1.82) is 0 Å². The summed E-state index contributed by atoms with van der Waals surface area (Å²) in [5, 5.41) is 3.27. The van der Waals surface area contributed by atoms with E-state index < -0.39 is 37.5 Å². The molecule has 0 aliphatic carbocycles. The van der Waals surface area contributed by atoms with Gasteiger partial charge in [-0.25, -0.2) is 25.5 Å². The van der Waals surface area contributed by atoms with Crippen molar-refractivity contribution in [3.8, 4) is 0 Å². The second-order valence-electron chi connectivity index (χ2n) is 8.76. The molecule has 4 rings (SSSR count). The third-order valence-electron chi connectivity index (χ3n) is 6.12. The summed E-state index contributed by atoms with van der Waals surface area (Å²) in [5.41, 5.74) is 0.674. The number of amides is 1. The van der Waals surface area contributed by atoms with Crippen molar-refractivity contribution >= 4 is 60.5 Å². The lowest BCUT2D eigenvalue weighted by Crippen LogP contribution is -2.42. The molecule has 0 saturated carbocycles. The molecule has 1 fully saturated rings. The van der Waals surface area contributed by atoms with Gasteiger partial charge in [0.05, 0.1) is 21.4 Å². The molecule has 1 aliphatic rings. The SMILES string of the molecule is O=C(Nc1ccc(S(=O)(=O)Nc2ccc(Cl)cc2Cl)cc1)C1CCN(S(=O)(=O)Cc2ccccc2F)CC1. The summed E-state index contributed by atoms with van der Waals surface area (Å²) in [6.45, 7) is 0.288. The van der Waals surface area contributed by atoms with Gasteiger partial charge in [0.2, 0.25) is 15.9 Å². The van der Waals surface area contributed by atoms with Crippen molar-refractivity contribution in [2.24, 2.45) is 5.92 Å². The van der Waals surface area contributed by atoms with Gasteiger partial charge in [0.25, 0.3) is 10.0 Å². The summed E-state index contributed by atoms with van der Waals surface area (Å²) < 4.78 is 68.4. The first-order valence-corrected chi connectivity index (χ1v) is 15.4. The van der Waals surface area contributed by atoms with Crippen molar-refractivity contribution in [2.45, 2.75) is 23.5 Å². The van der Waals surface area contributed by atoms with E-state index in [9.17, 15) is 26.0 Å². The summed E-state index contributed by atoms with van der Waals surface area (Å²) in [4.78, 5) is 12.7. The van der Waals surface area contributed by atoms with Crippen molar-refractivity contribution in [3.05, 3.63) is 88.2 Å². The monoisotopic (exact) mass is 599 g/mol. The Balaban J connectivity index is 1.33. The van der Waals surface area contributed by atoms with Crippen LogP contribution >= 0.6 is 23.2 Å². The minimum Gasteiger partial charge on any atom is -0.326 e. The molecule has 8 nitrogen and oxygen atoms in total. The minimum atomic E-state index is -3.94. The van der Waals surface area contributed by atoms with Crippen LogP contribution in [0, 0.1) is 11.7 Å². The predicted molar refractivity (Wildman–Crippen MR) is 146 cm³/mol. The number of anilines is 2. The molecule has 2 N–H and O–H groups in total. The van der Waals surface area contributed by atoms with E-state index >= 15 is 0 Å². The molecule has 1 heterocycles. The van der Waals surface area contributed by atoms with Crippen LogP contribution in [0.2, 0.25) is 10.0 Å². The molecule has 3 aromatic carbocycles. The first-order chi connectivity index (χ1) is 17.9. The number of carbonyl (C=O) groups is 1. The van der Waals surface area contributed by atoms with E-state index in [-0.39, 0.29) is 40.2 Å². The fraction of sp³-hybridized carbons (Fsp3) is 0.240. The van der Waals surface area contributed by atoms with Gasteiger partial charge in [-0.15, -0.1) is 0 Å². The number of hydrogen-bond donors (Lipinski definition) is 2. The Hall–Kier alpha value is -2.70. The maximum atomic E-state index is 13.9. The van der Waals surface area contributed by atoms with Crippen LogP contribution in [0.3, 0.4) is 0 Å². The molecule has 1 saturated heterocycles. The van der Waals surface area contributed by atoms with E-state index in [0.717, 1.165) is 0 Å². The van der Waals surface area contributed by atoms with Gasteiger partial charge in [0, 0.05) is 35.3 Å². The van der Waals surface area contributed by atoms with Gasteiger partial charge < -0.3 is 5.32 Å². The molecular formula is C25H24Cl2FN3O5S2. The summed E-state index contributed by atoms with van der Waals surface area (Å²) in [6.07, 6.45) is 0.612. The second kappa shape index (κ2) is 11.6. The fourth-order valence-electron chi connectivity index (χ4n) is 4.04. The molecule has 3 aromatic rings. The maximum absolute atomic E-state index is 13.9. The lowest BCUT2D eigenvalue weighted by molar-refractivity contribution is -0.120. The van der Waals surface area contributed by atoms with Gasteiger partial charge in [0.15, 0.2) is 0 Å². The maximum Gasteiger partial charge on any atom is 0.261 e. The van der Waals surface area contributed by atoms with Gasteiger partial charge in [-0.1, -0.05) is 41.4 Å². The highest BCUT2D eigenvalue weighted by atomic mass is 35.5. The predicted octanol–water partition coefficient (Wildman–Crippen LogP) is 5.11. The molecule has 1 aliphatic heterocycles. The van der Waals surface area contributed by atoms with Crippen molar-refractivity contribution in [1.82, 2.24) is 4.31 Å². The van der Waals surface area contributed by atoms with Gasteiger partial charge in [0.1, 0.15) is 5.82 Å². The van der Waals surface area contributed by atoms with Gasteiger partial charge in [-0.3, -0.25) is 9.52 Å². The number of piperidine rings is 1. The standard InChI is InChI=1S/C25H24Cl2FN3O5S2/c26-19-5-10-24(22(27)15-19)30-38(35,36)21-8-6-20(7-9-21)29-25(32)17-11-13-31(14-12-17)37(33,34)16-18-3-1-2-4-23(18)28/h1-10,15,17,30H,11-14,16H2,(H,29,32). The van der Waals surface area contributed by atoms with Crippen LogP contribution in [0.1, 0.15) is 18.4 Å². The lowest BCUT2D eigenvalue weighted by Gasteiger charge is -2.30. The van der Waals surface area contributed by atoms with Gasteiger partial charge in [-0.05, 0) is 61.4 Å². The van der Waals surface area contributed by atoms with Crippen LogP contribution in [0.4, 0.5) is 15.8 Å². The van der Waals surface area contributed by atoms with E-state index in [4.69, 9.17) is 23.2 Å². The van der Waals surface area contributed by atoms with E-state index in [1.165, 1.54) is 65.0 Å². The quantitative estimate of drug-likeness (QED) is 0.373. The third-order valence-corrected chi connectivity index (χ3v) is 9.88. The lowest BCUT2D eigenvalue weighted by atomic mass is 9.97. The first-order valence-electron chi connectivity index (χ1n) is 11.5. The van der Waals surface area contributed by atoms with Crippen LogP contribution in [0.15, 0.2) is 71.6 Å². The van der Waals surface area contributed by atoms with Gasteiger partial charge in [-0.2, -0.15) is 0 Å². The average molecular weight is 601 g/mol. The zero-order valence-corrected chi connectivity index (χ0v) is 23.0. The Kier molecular flexibility index (Phi) is 8.63. The molecule has 0 unspecified atom stereocenters. The zero-order valence-electron chi connectivity index (χ0n) is 19.9. The van der Waals surface area contributed by atoms with Crippen LogP contribution < -0.4 is 10.0 Å². The van der Waals surface area contributed by atoms with Crippen LogP contribution in [0.25, 0.3) is 0 Å². The highest BCUT2D eigenvalue weighted by molar-refractivity contribution is 7.92. The summed E-state index contributed by atoms with van der Waals surface area (Å²) in [7, 11) is -7.67. The van der Waals surface area contributed by atoms with E-state index in [0.29, 0.717) is 23.6 Å². The topological polar surface area (TPSA) is 113 Å². The zero-order chi connectivity index (χ0) is 27.5. The number of carbonyl (C=O) groups excluding carboxylic acids is 1. The highest BCUT2D eigenvalue weighted by Crippen LogP contribution is 2.28. The van der Waals surface area contributed by atoms with Crippen LogP contribution in [0.5, 0.6) is 0 Å². The molecule has 0 radical (unpaired) electrons. The summed E-state index contributed by atoms with van der Waals surface area (Å²) in [5.74, 6) is -1.73. The minimum absolute atomic E-state index is 0.0325. The Morgan fingerprint density at radius 1 is 0.947 bits per heavy atom. The molecule has 0 atom stereocenters. The van der Waals surface area contributed by atoms with Crippen LogP contribution in [-0.2, 0) is 30.6 Å².